The molecule has 0 aromatic heterocycles. The molecule has 0 bridgehead atoms. The molecule has 0 spiro atoms. The van der Waals surface area contributed by atoms with Crippen molar-refractivity contribution in [1.29, 1.82) is 0 Å². The number of benzene rings is 1. The Labute approximate surface area is 93.0 Å². The van der Waals surface area contributed by atoms with E-state index in [9.17, 15) is 4.79 Å². The maximum absolute atomic E-state index is 10.9. The predicted octanol–water partition coefficient (Wildman–Crippen LogP) is 1.53. The highest BCUT2D eigenvalue weighted by Gasteiger charge is 2.16. The lowest BCUT2D eigenvalue weighted by molar-refractivity contribution is 0.152. The van der Waals surface area contributed by atoms with Gasteiger partial charge in [-0.15, -0.1) is 0 Å². The van der Waals surface area contributed by atoms with E-state index in [1.807, 2.05) is 24.3 Å². The molecule has 0 saturated heterocycles. The Morgan fingerprint density at radius 1 is 1.50 bits per heavy atom. The van der Waals surface area contributed by atoms with E-state index in [1.165, 1.54) is 7.05 Å². The molecular weight excluding hydrogens is 208 g/mol. The van der Waals surface area contributed by atoms with E-state index in [1.54, 1.807) is 0 Å². The number of para-hydroxylation sites is 1. The first-order valence-corrected chi connectivity index (χ1v) is 4.99. The van der Waals surface area contributed by atoms with Crippen LogP contribution in [0.5, 0.6) is 5.75 Å². The largest absolute Gasteiger partial charge is 0.492 e. The molecule has 84 valence electrons. The highest BCUT2D eigenvalue weighted by atomic mass is 16.7. The lowest BCUT2D eigenvalue weighted by atomic mass is 10.0. The van der Waals surface area contributed by atoms with Crippen molar-refractivity contribution in [1.82, 2.24) is 5.32 Å². The fourth-order valence-corrected chi connectivity index (χ4v) is 1.46. The van der Waals surface area contributed by atoms with Crippen LogP contribution in [0.25, 0.3) is 0 Å². The van der Waals surface area contributed by atoms with E-state index in [0.717, 1.165) is 17.0 Å². The maximum Gasteiger partial charge on any atom is 0.433 e. The first-order chi connectivity index (χ1) is 7.81. The van der Waals surface area contributed by atoms with Crippen molar-refractivity contribution in [3.8, 4) is 5.75 Å². The number of amides is 1. The van der Waals surface area contributed by atoms with Gasteiger partial charge in [-0.1, -0.05) is 17.3 Å². The fourth-order valence-electron chi connectivity index (χ4n) is 1.46. The van der Waals surface area contributed by atoms with Gasteiger partial charge in [0.05, 0.1) is 12.3 Å². The van der Waals surface area contributed by atoms with Crippen molar-refractivity contribution in [2.75, 3.05) is 13.7 Å². The second-order valence-electron chi connectivity index (χ2n) is 3.26. The average molecular weight is 220 g/mol. The number of ether oxygens (including phenoxy) is 1. The van der Waals surface area contributed by atoms with Crippen molar-refractivity contribution < 1.29 is 14.4 Å². The van der Waals surface area contributed by atoms with Gasteiger partial charge in [-0.25, -0.2) is 4.79 Å². The minimum Gasteiger partial charge on any atom is -0.492 e. The SMILES string of the molecule is CNC(=O)O/N=C1\CCOc2ccccc21. The molecule has 1 aromatic carbocycles. The van der Waals surface area contributed by atoms with Crippen LogP contribution in [0.3, 0.4) is 0 Å². The number of oxime groups is 1. The summed E-state index contributed by atoms with van der Waals surface area (Å²) in [6, 6.07) is 7.54. The standard InChI is InChI=1S/C11H12N2O3/c1-12-11(14)16-13-9-6-7-15-10-5-3-2-4-8(9)10/h2-5H,6-7H2,1H3,(H,12,14)/b13-9+. The van der Waals surface area contributed by atoms with Crippen LogP contribution in [0, 0.1) is 0 Å². The smallest absolute Gasteiger partial charge is 0.433 e. The number of nitrogens with zero attached hydrogens (tertiary/aromatic N) is 1. The number of hydrogen-bond donors (Lipinski definition) is 1. The third-order valence-corrected chi connectivity index (χ3v) is 2.24. The van der Waals surface area contributed by atoms with Gasteiger partial charge in [0.25, 0.3) is 0 Å². The minimum atomic E-state index is -0.573. The Bertz CT molecular complexity index is 429. The summed E-state index contributed by atoms with van der Waals surface area (Å²) in [5.41, 5.74) is 1.60. The Morgan fingerprint density at radius 3 is 3.12 bits per heavy atom. The second-order valence-corrected chi connectivity index (χ2v) is 3.26. The maximum atomic E-state index is 10.9. The molecule has 0 radical (unpaired) electrons. The van der Waals surface area contributed by atoms with Crippen molar-refractivity contribution in [2.24, 2.45) is 5.16 Å². The first-order valence-electron chi connectivity index (χ1n) is 4.99. The summed E-state index contributed by atoms with van der Waals surface area (Å²) in [4.78, 5) is 15.6. The van der Waals surface area contributed by atoms with Crippen LogP contribution in [0.2, 0.25) is 0 Å². The quantitative estimate of drug-likeness (QED) is 0.576. The normalized spacial score (nSPS) is 16.2. The number of nitrogens with one attached hydrogen (secondary N) is 1. The highest BCUT2D eigenvalue weighted by Crippen LogP contribution is 2.24. The predicted molar refractivity (Wildman–Crippen MR) is 58.6 cm³/mol. The van der Waals surface area contributed by atoms with Gasteiger partial charge in [0.15, 0.2) is 0 Å². The van der Waals surface area contributed by atoms with E-state index < -0.39 is 6.09 Å². The van der Waals surface area contributed by atoms with E-state index >= 15 is 0 Å². The van der Waals surface area contributed by atoms with E-state index in [-0.39, 0.29) is 0 Å². The molecule has 16 heavy (non-hydrogen) atoms. The topological polar surface area (TPSA) is 59.9 Å². The molecule has 2 rings (SSSR count). The molecule has 1 aliphatic rings. The van der Waals surface area contributed by atoms with Crippen LogP contribution in [-0.2, 0) is 4.84 Å². The molecule has 1 aliphatic heterocycles. The van der Waals surface area contributed by atoms with Crippen LogP contribution in [0.15, 0.2) is 29.4 Å². The summed E-state index contributed by atoms with van der Waals surface area (Å²) in [7, 11) is 1.49. The number of carbonyl (C=O) groups is 1. The second kappa shape index (κ2) is 4.65. The average Bonchev–Trinajstić information content (AvgIpc) is 2.35. The molecule has 1 N–H and O–H groups in total. The van der Waals surface area contributed by atoms with E-state index in [0.29, 0.717) is 13.0 Å². The van der Waals surface area contributed by atoms with Crippen molar-refractivity contribution in [2.45, 2.75) is 6.42 Å². The number of rotatable bonds is 1. The molecule has 5 nitrogen and oxygen atoms in total. The number of hydrogen-bond acceptors (Lipinski definition) is 4. The third-order valence-electron chi connectivity index (χ3n) is 2.24. The summed E-state index contributed by atoms with van der Waals surface area (Å²) >= 11 is 0. The van der Waals surface area contributed by atoms with Gasteiger partial charge in [-0.2, -0.15) is 0 Å². The van der Waals surface area contributed by atoms with Gasteiger partial charge in [-0.3, -0.25) is 4.84 Å². The van der Waals surface area contributed by atoms with Crippen LogP contribution >= 0.6 is 0 Å². The van der Waals surface area contributed by atoms with Crippen LogP contribution < -0.4 is 10.1 Å². The van der Waals surface area contributed by atoms with Gasteiger partial charge in [-0.05, 0) is 12.1 Å². The molecule has 0 aliphatic carbocycles. The zero-order chi connectivity index (χ0) is 11.4. The Hall–Kier alpha value is -2.04. The molecule has 0 atom stereocenters. The Kier molecular flexibility index (Phi) is 3.05. The molecule has 0 fully saturated rings. The molecule has 0 unspecified atom stereocenters. The van der Waals surface area contributed by atoms with Gasteiger partial charge in [0.1, 0.15) is 5.75 Å². The summed E-state index contributed by atoms with van der Waals surface area (Å²) in [6.45, 7) is 0.549. The van der Waals surface area contributed by atoms with Crippen LogP contribution in [-0.4, -0.2) is 25.5 Å². The fraction of sp³-hybridized carbons (Fsp3) is 0.273. The van der Waals surface area contributed by atoms with Crippen molar-refractivity contribution in [3.63, 3.8) is 0 Å². The minimum absolute atomic E-state index is 0.549. The monoisotopic (exact) mass is 220 g/mol. The zero-order valence-electron chi connectivity index (χ0n) is 8.90. The van der Waals surface area contributed by atoms with Gasteiger partial charge < -0.3 is 10.1 Å². The Balaban J connectivity index is 2.21. The van der Waals surface area contributed by atoms with E-state index in [4.69, 9.17) is 4.74 Å². The summed E-state index contributed by atoms with van der Waals surface area (Å²) < 4.78 is 5.45. The molecule has 5 heteroatoms. The van der Waals surface area contributed by atoms with Crippen LogP contribution in [0.4, 0.5) is 4.79 Å². The number of fused-ring (bicyclic) bond motifs is 1. The Morgan fingerprint density at radius 2 is 2.31 bits per heavy atom. The first kappa shape index (κ1) is 10.5. The van der Waals surface area contributed by atoms with E-state index in [2.05, 4.69) is 15.3 Å². The molecule has 1 amide bonds. The van der Waals surface area contributed by atoms with Gasteiger partial charge in [0.2, 0.25) is 0 Å². The summed E-state index contributed by atoms with van der Waals surface area (Å²) in [5, 5.41) is 6.15. The molecule has 0 saturated carbocycles. The number of carbonyl (C=O) groups excluding carboxylic acids is 1. The molecular formula is C11H12N2O3. The van der Waals surface area contributed by atoms with Crippen molar-refractivity contribution in [3.05, 3.63) is 29.8 Å². The lowest BCUT2D eigenvalue weighted by Gasteiger charge is -2.17. The zero-order valence-corrected chi connectivity index (χ0v) is 8.90. The molecule has 1 heterocycles. The van der Waals surface area contributed by atoms with Gasteiger partial charge >= 0.3 is 6.09 Å². The third kappa shape index (κ3) is 2.13. The highest BCUT2D eigenvalue weighted by molar-refractivity contribution is 6.03. The lowest BCUT2D eigenvalue weighted by Crippen LogP contribution is -2.20. The van der Waals surface area contributed by atoms with Crippen LogP contribution in [0.1, 0.15) is 12.0 Å². The van der Waals surface area contributed by atoms with Gasteiger partial charge in [0, 0.05) is 19.0 Å². The summed E-state index contributed by atoms with van der Waals surface area (Å²) in [5.74, 6) is 0.771. The summed E-state index contributed by atoms with van der Waals surface area (Å²) in [6.07, 6.45) is 0.0602. The van der Waals surface area contributed by atoms with Crippen molar-refractivity contribution >= 4 is 11.8 Å². The molecule has 1 aromatic rings.